The molecule has 0 radical (unpaired) electrons. The van der Waals surface area contributed by atoms with Crippen molar-refractivity contribution >= 4 is 5.91 Å². The molecule has 1 amide bonds. The van der Waals surface area contributed by atoms with Crippen LogP contribution in [-0.4, -0.2) is 44.7 Å². The molecule has 3 rings (SSSR count). The van der Waals surface area contributed by atoms with Crippen LogP contribution in [0.5, 0.6) is 11.5 Å². The van der Waals surface area contributed by atoms with Crippen molar-refractivity contribution in [2.75, 3.05) is 33.9 Å². The number of rotatable bonds is 8. The highest BCUT2D eigenvalue weighted by molar-refractivity contribution is 5.78. The summed E-state index contributed by atoms with van der Waals surface area (Å²) in [4.78, 5) is 15.0. The van der Waals surface area contributed by atoms with E-state index in [9.17, 15) is 4.79 Å². The van der Waals surface area contributed by atoms with Crippen molar-refractivity contribution in [3.05, 3.63) is 59.7 Å². The monoisotopic (exact) mass is 368 g/mol. The van der Waals surface area contributed by atoms with Gasteiger partial charge in [-0.1, -0.05) is 36.4 Å². The highest BCUT2D eigenvalue weighted by Crippen LogP contribution is 2.28. The molecular weight excluding hydrogens is 340 g/mol. The number of nitrogens with one attached hydrogen (secondary N) is 1. The van der Waals surface area contributed by atoms with Crippen molar-refractivity contribution in [1.82, 2.24) is 10.2 Å². The van der Waals surface area contributed by atoms with E-state index in [0.29, 0.717) is 24.5 Å². The Bertz CT molecular complexity index is 742. The molecular formula is C22H28N2O3. The van der Waals surface area contributed by atoms with Gasteiger partial charge in [0.1, 0.15) is 0 Å². The molecule has 1 atom stereocenters. The van der Waals surface area contributed by atoms with E-state index in [0.717, 1.165) is 18.7 Å². The van der Waals surface area contributed by atoms with Gasteiger partial charge in [-0.3, -0.25) is 9.69 Å². The maximum atomic E-state index is 12.5. The lowest BCUT2D eigenvalue weighted by atomic mass is 10.1. The molecule has 5 nitrogen and oxygen atoms in total. The molecule has 0 aliphatic carbocycles. The van der Waals surface area contributed by atoms with Gasteiger partial charge in [-0.25, -0.2) is 0 Å². The Hall–Kier alpha value is -2.53. The molecule has 1 aliphatic rings. The Morgan fingerprint density at radius 3 is 2.41 bits per heavy atom. The Morgan fingerprint density at radius 1 is 1.04 bits per heavy atom. The van der Waals surface area contributed by atoms with Gasteiger partial charge in [-0.15, -0.1) is 0 Å². The summed E-state index contributed by atoms with van der Waals surface area (Å²) in [5.74, 6) is 1.32. The summed E-state index contributed by atoms with van der Waals surface area (Å²) in [6.45, 7) is 2.80. The average Bonchev–Trinajstić information content (AvgIpc) is 3.23. The van der Waals surface area contributed by atoms with Gasteiger partial charge in [0.2, 0.25) is 5.91 Å². The van der Waals surface area contributed by atoms with Crippen LogP contribution in [0.1, 0.15) is 30.0 Å². The molecule has 0 aromatic heterocycles. The van der Waals surface area contributed by atoms with Crippen LogP contribution in [-0.2, 0) is 11.2 Å². The van der Waals surface area contributed by atoms with E-state index in [1.54, 1.807) is 14.2 Å². The Balaban J connectivity index is 1.62. The minimum atomic E-state index is 0.0161. The van der Waals surface area contributed by atoms with E-state index in [1.165, 1.54) is 18.4 Å². The highest BCUT2D eigenvalue weighted by Gasteiger charge is 2.23. The first-order valence-corrected chi connectivity index (χ1v) is 9.48. The SMILES string of the molecule is COc1ccc(CC(=O)NCC(c2ccccc2)N2CCCC2)cc1OC. The molecule has 5 heteroatoms. The number of amides is 1. The summed E-state index contributed by atoms with van der Waals surface area (Å²) < 4.78 is 10.6. The summed E-state index contributed by atoms with van der Waals surface area (Å²) >= 11 is 0. The van der Waals surface area contributed by atoms with Gasteiger partial charge in [0, 0.05) is 6.54 Å². The topological polar surface area (TPSA) is 50.8 Å². The first-order chi connectivity index (χ1) is 13.2. The summed E-state index contributed by atoms with van der Waals surface area (Å²) in [5, 5.41) is 3.12. The van der Waals surface area contributed by atoms with Crippen molar-refractivity contribution in [3.63, 3.8) is 0 Å². The molecule has 1 unspecified atom stereocenters. The van der Waals surface area contributed by atoms with E-state index < -0.39 is 0 Å². The van der Waals surface area contributed by atoms with E-state index in [1.807, 2.05) is 24.3 Å². The van der Waals surface area contributed by atoms with Crippen LogP contribution in [0.2, 0.25) is 0 Å². The Morgan fingerprint density at radius 2 is 1.74 bits per heavy atom. The summed E-state index contributed by atoms with van der Waals surface area (Å²) in [6.07, 6.45) is 2.77. The lowest BCUT2D eigenvalue weighted by molar-refractivity contribution is -0.120. The predicted octanol–water partition coefficient (Wildman–Crippen LogP) is 3.20. The minimum absolute atomic E-state index is 0.0161. The number of ether oxygens (including phenoxy) is 2. The first-order valence-electron chi connectivity index (χ1n) is 9.48. The molecule has 2 aromatic carbocycles. The molecule has 0 spiro atoms. The van der Waals surface area contributed by atoms with Crippen LogP contribution in [0, 0.1) is 0 Å². The average molecular weight is 368 g/mol. The number of nitrogens with zero attached hydrogens (tertiary/aromatic N) is 1. The van der Waals surface area contributed by atoms with Gasteiger partial charge >= 0.3 is 0 Å². The smallest absolute Gasteiger partial charge is 0.224 e. The zero-order chi connectivity index (χ0) is 19.1. The largest absolute Gasteiger partial charge is 0.493 e. The number of likely N-dealkylation sites (tertiary alicyclic amines) is 1. The number of hydrogen-bond acceptors (Lipinski definition) is 4. The van der Waals surface area contributed by atoms with E-state index in [4.69, 9.17) is 9.47 Å². The summed E-state index contributed by atoms with van der Waals surface area (Å²) in [5.41, 5.74) is 2.16. The van der Waals surface area contributed by atoms with Gasteiger partial charge in [0.05, 0.1) is 26.7 Å². The number of carbonyl (C=O) groups is 1. The molecule has 1 heterocycles. The van der Waals surface area contributed by atoms with Crippen LogP contribution >= 0.6 is 0 Å². The third-order valence-electron chi connectivity index (χ3n) is 5.07. The Kier molecular flexibility index (Phi) is 6.71. The number of carbonyl (C=O) groups excluding carboxylic acids is 1. The standard InChI is InChI=1S/C22H28N2O3/c1-26-20-11-10-17(14-21(20)27-2)15-22(25)23-16-19(24-12-6-7-13-24)18-8-4-3-5-9-18/h3-5,8-11,14,19H,6-7,12-13,15-16H2,1-2H3,(H,23,25). The lowest BCUT2D eigenvalue weighted by Gasteiger charge is -2.28. The fourth-order valence-electron chi connectivity index (χ4n) is 3.64. The van der Waals surface area contributed by atoms with Crippen LogP contribution in [0.25, 0.3) is 0 Å². The van der Waals surface area contributed by atoms with E-state index >= 15 is 0 Å². The molecule has 144 valence electrons. The molecule has 1 fully saturated rings. The molecule has 27 heavy (non-hydrogen) atoms. The number of benzene rings is 2. The van der Waals surface area contributed by atoms with Gasteiger partial charge in [-0.05, 0) is 49.2 Å². The molecule has 1 N–H and O–H groups in total. The van der Waals surface area contributed by atoms with Gasteiger partial charge in [0.15, 0.2) is 11.5 Å². The quantitative estimate of drug-likeness (QED) is 0.777. The molecule has 2 aromatic rings. The van der Waals surface area contributed by atoms with Crippen molar-refractivity contribution in [3.8, 4) is 11.5 Å². The maximum absolute atomic E-state index is 12.5. The van der Waals surface area contributed by atoms with Crippen LogP contribution in [0.15, 0.2) is 48.5 Å². The second-order valence-electron chi connectivity index (χ2n) is 6.84. The second-order valence-corrected chi connectivity index (χ2v) is 6.84. The van der Waals surface area contributed by atoms with Crippen LogP contribution in [0.3, 0.4) is 0 Å². The number of hydrogen-bond donors (Lipinski definition) is 1. The van der Waals surface area contributed by atoms with Gasteiger partial charge in [-0.2, -0.15) is 0 Å². The normalized spacial score (nSPS) is 15.3. The van der Waals surface area contributed by atoms with Gasteiger partial charge < -0.3 is 14.8 Å². The second kappa shape index (κ2) is 9.42. The summed E-state index contributed by atoms with van der Waals surface area (Å²) in [6, 6.07) is 16.2. The van der Waals surface area contributed by atoms with Crippen LogP contribution in [0.4, 0.5) is 0 Å². The lowest BCUT2D eigenvalue weighted by Crippen LogP contribution is -2.37. The summed E-state index contributed by atoms with van der Waals surface area (Å²) in [7, 11) is 3.20. The Labute approximate surface area is 161 Å². The van der Waals surface area contributed by atoms with E-state index in [-0.39, 0.29) is 11.9 Å². The maximum Gasteiger partial charge on any atom is 0.224 e. The van der Waals surface area contributed by atoms with E-state index in [2.05, 4.69) is 34.5 Å². The fourth-order valence-corrected chi connectivity index (χ4v) is 3.64. The highest BCUT2D eigenvalue weighted by atomic mass is 16.5. The van der Waals surface area contributed by atoms with Crippen molar-refractivity contribution < 1.29 is 14.3 Å². The molecule has 1 aliphatic heterocycles. The van der Waals surface area contributed by atoms with Gasteiger partial charge in [0.25, 0.3) is 0 Å². The zero-order valence-corrected chi connectivity index (χ0v) is 16.1. The third-order valence-corrected chi connectivity index (χ3v) is 5.07. The first kappa shape index (κ1) is 19.2. The fraction of sp³-hybridized carbons (Fsp3) is 0.409. The predicted molar refractivity (Wildman–Crippen MR) is 106 cm³/mol. The van der Waals surface area contributed by atoms with Crippen molar-refractivity contribution in [2.45, 2.75) is 25.3 Å². The molecule has 0 bridgehead atoms. The van der Waals surface area contributed by atoms with Crippen LogP contribution < -0.4 is 14.8 Å². The third kappa shape index (κ3) is 5.01. The molecule has 0 saturated carbocycles. The molecule has 1 saturated heterocycles. The van der Waals surface area contributed by atoms with Crippen molar-refractivity contribution in [1.29, 1.82) is 0 Å². The number of methoxy groups -OCH3 is 2. The van der Waals surface area contributed by atoms with Crippen molar-refractivity contribution in [2.24, 2.45) is 0 Å². The minimum Gasteiger partial charge on any atom is -0.493 e. The zero-order valence-electron chi connectivity index (χ0n) is 16.1.